The van der Waals surface area contributed by atoms with E-state index in [4.69, 9.17) is 33.4 Å². The van der Waals surface area contributed by atoms with Crippen molar-refractivity contribution in [2.45, 2.75) is 32.9 Å². The highest BCUT2D eigenvalue weighted by atomic mass is 35.5. The number of hydrogen-bond acceptors (Lipinski definition) is 10. The van der Waals surface area contributed by atoms with Crippen LogP contribution in [0.1, 0.15) is 11.1 Å². The SMILES string of the molecule is CN1CCN(c2ccc3c(c2)c(S(=O)(=O)c2cccc4ccccc24)nn3Cc2cccc(Cl)c2)CC1.Cl.Cl.O=S(=O)(c1cccc2ccccc12)c1nn(Cc2cccc(Cl)c2)c2ccc(N3CCNCC3)cc12. The van der Waals surface area contributed by atoms with Gasteiger partial charge in [0.15, 0.2) is 10.1 Å². The van der Waals surface area contributed by atoms with Crippen LogP contribution in [-0.2, 0) is 32.8 Å². The van der Waals surface area contributed by atoms with Crippen LogP contribution in [0.2, 0.25) is 10.0 Å². The Balaban J connectivity index is 0.000000179. The van der Waals surface area contributed by atoms with Gasteiger partial charge in [-0.2, -0.15) is 10.2 Å². The number of rotatable bonds is 10. The number of fused-ring (bicyclic) bond motifs is 4. The molecule has 0 unspecified atom stereocenters. The predicted molar refractivity (Wildman–Crippen MR) is 309 cm³/mol. The number of benzene rings is 8. The maximum Gasteiger partial charge on any atom is 0.226 e. The fraction of sp³-hybridized carbons (Fsp3) is 0.193. The van der Waals surface area contributed by atoms with Gasteiger partial charge in [0.25, 0.3) is 0 Å². The molecule has 2 aliphatic heterocycles. The first-order valence-electron chi connectivity index (χ1n) is 24.3. The third kappa shape index (κ3) is 10.9. The molecule has 2 aromatic heterocycles. The van der Waals surface area contributed by atoms with Crippen LogP contribution in [0.15, 0.2) is 190 Å². The van der Waals surface area contributed by atoms with Gasteiger partial charge in [-0.05, 0) is 102 Å². The minimum Gasteiger partial charge on any atom is -0.369 e. The van der Waals surface area contributed by atoms with Crippen molar-refractivity contribution in [3.63, 3.8) is 0 Å². The first kappa shape index (κ1) is 53.6. The summed E-state index contributed by atoms with van der Waals surface area (Å²) in [5, 5.41) is 18.6. The third-order valence-electron chi connectivity index (χ3n) is 13.8. The van der Waals surface area contributed by atoms with Gasteiger partial charge < -0.3 is 20.0 Å². The Morgan fingerprint density at radius 3 is 1.33 bits per heavy atom. The van der Waals surface area contributed by atoms with E-state index < -0.39 is 19.7 Å². The maximum absolute atomic E-state index is 14.2. The minimum absolute atomic E-state index is 0. The molecule has 8 aromatic carbocycles. The molecule has 1 N–H and O–H groups in total. The van der Waals surface area contributed by atoms with Crippen molar-refractivity contribution in [3.8, 4) is 0 Å². The lowest BCUT2D eigenvalue weighted by atomic mass is 10.1. The van der Waals surface area contributed by atoms with Crippen LogP contribution in [0.5, 0.6) is 0 Å². The largest absolute Gasteiger partial charge is 0.369 e. The lowest BCUT2D eigenvalue weighted by Gasteiger charge is -2.34. The number of nitrogens with zero attached hydrogens (tertiary/aromatic N) is 7. The van der Waals surface area contributed by atoms with Crippen molar-refractivity contribution in [2.75, 3.05) is 69.2 Å². The van der Waals surface area contributed by atoms with Gasteiger partial charge in [0.1, 0.15) is 0 Å². The highest BCUT2D eigenvalue weighted by molar-refractivity contribution is 7.92. The molecular weight excluding hydrogens is 1070 g/mol. The second kappa shape index (κ2) is 22.6. The van der Waals surface area contributed by atoms with Crippen molar-refractivity contribution >= 4 is 122 Å². The molecule has 75 heavy (non-hydrogen) atoms. The molecule has 0 bridgehead atoms. The highest BCUT2D eigenvalue weighted by Crippen LogP contribution is 2.37. The van der Waals surface area contributed by atoms with E-state index in [0.717, 1.165) is 96.7 Å². The quantitative estimate of drug-likeness (QED) is 0.141. The molecule has 0 spiro atoms. The molecule has 12 nitrogen and oxygen atoms in total. The molecule has 4 heterocycles. The zero-order valence-electron chi connectivity index (χ0n) is 40.9. The summed E-state index contributed by atoms with van der Waals surface area (Å²) in [7, 11) is -5.70. The van der Waals surface area contributed by atoms with Gasteiger partial charge in [-0.1, -0.05) is 120 Å². The molecule has 2 aliphatic rings. The van der Waals surface area contributed by atoms with E-state index in [1.54, 1.807) is 33.6 Å². The van der Waals surface area contributed by atoms with Crippen LogP contribution in [0.25, 0.3) is 43.4 Å². The molecule has 0 amide bonds. The first-order chi connectivity index (χ1) is 35.4. The van der Waals surface area contributed by atoms with E-state index in [0.29, 0.717) is 44.7 Å². The molecule has 12 rings (SSSR count). The number of nitrogens with one attached hydrogen (secondary N) is 1. The first-order valence-corrected chi connectivity index (χ1v) is 28.0. The Hall–Kier alpha value is -6.20. The second-order valence-corrected chi connectivity index (χ2v) is 23.1. The van der Waals surface area contributed by atoms with Gasteiger partial charge in [-0.25, -0.2) is 16.8 Å². The topological polar surface area (TPSA) is 126 Å². The number of anilines is 2. The minimum atomic E-state index is -3.91. The third-order valence-corrected chi connectivity index (χ3v) is 17.7. The van der Waals surface area contributed by atoms with E-state index in [1.165, 1.54) is 0 Å². The summed E-state index contributed by atoms with van der Waals surface area (Å²) in [6.07, 6.45) is 0. The van der Waals surface area contributed by atoms with Crippen LogP contribution in [0, 0.1) is 0 Å². The fourth-order valence-corrected chi connectivity index (χ4v) is 13.6. The summed E-state index contributed by atoms with van der Waals surface area (Å²) in [6, 6.07) is 53.0. The van der Waals surface area contributed by atoms with Gasteiger partial charge in [0.2, 0.25) is 19.7 Å². The summed E-state index contributed by atoms with van der Waals surface area (Å²) in [4.78, 5) is 7.42. The second-order valence-electron chi connectivity index (χ2n) is 18.6. The number of halogens is 4. The van der Waals surface area contributed by atoms with Crippen LogP contribution in [0.3, 0.4) is 0 Å². The van der Waals surface area contributed by atoms with E-state index in [2.05, 4.69) is 39.2 Å². The monoisotopic (exact) mass is 1120 g/mol. The molecule has 18 heteroatoms. The summed E-state index contributed by atoms with van der Waals surface area (Å²) in [5.74, 6) is 0. The van der Waals surface area contributed by atoms with Crippen LogP contribution >= 0.6 is 48.0 Å². The summed E-state index contributed by atoms with van der Waals surface area (Å²) >= 11 is 12.4. The van der Waals surface area contributed by atoms with E-state index in [9.17, 15) is 16.8 Å². The number of piperazine rings is 2. The number of sulfone groups is 2. The van der Waals surface area contributed by atoms with Crippen LogP contribution < -0.4 is 15.1 Å². The Labute approximate surface area is 459 Å². The number of aromatic nitrogens is 4. The Morgan fingerprint density at radius 1 is 0.467 bits per heavy atom. The predicted octanol–water partition coefficient (Wildman–Crippen LogP) is 11.5. The standard InChI is InChI=1S/C29H27ClN4O2S.C28H25ClN4O2S.2ClH/c1-32-14-16-33(17-15-32)24-12-13-27-26(19-24)29(31-34(27)20-21-6-4-9-23(30)18-21)37(35,36)28-11-5-8-22-7-2-3-10-25(22)28;29-22-8-3-5-20(17-22)19-33-26-12-11-23(32-15-13-30-14-16-32)18-25(26)28(31-33)36(34,35)27-10-4-7-21-6-1-2-9-24(21)27;;/h2-13,18-19H,14-17,20H2,1H3;1-12,17-18,30H,13-16,19H2;2*1H. The van der Waals surface area contributed by atoms with Gasteiger partial charge in [-0.15, -0.1) is 24.8 Å². The van der Waals surface area contributed by atoms with Crippen molar-refractivity contribution in [2.24, 2.45) is 0 Å². The number of hydrogen-bond donors (Lipinski definition) is 1. The lowest BCUT2D eigenvalue weighted by molar-refractivity contribution is 0.313. The average molecular weight is 1120 g/mol. The maximum atomic E-state index is 14.2. The molecule has 0 radical (unpaired) electrons. The molecule has 2 saturated heterocycles. The van der Waals surface area contributed by atoms with E-state index in [-0.39, 0.29) is 44.7 Å². The summed E-state index contributed by atoms with van der Waals surface area (Å²) in [5.41, 5.74) is 5.46. The zero-order chi connectivity index (χ0) is 50.3. The van der Waals surface area contributed by atoms with E-state index in [1.807, 2.05) is 133 Å². The molecular formula is C57H54Cl4N8O4S2. The molecule has 0 atom stereocenters. The summed E-state index contributed by atoms with van der Waals surface area (Å²) < 4.78 is 60.2. The van der Waals surface area contributed by atoms with Crippen molar-refractivity contribution < 1.29 is 16.8 Å². The molecule has 386 valence electrons. The smallest absolute Gasteiger partial charge is 0.226 e. The Bertz CT molecular complexity index is 3920. The van der Waals surface area contributed by atoms with Crippen LogP contribution in [-0.4, -0.2) is 101 Å². The average Bonchev–Trinajstić information content (AvgIpc) is 3.98. The highest BCUT2D eigenvalue weighted by Gasteiger charge is 2.30. The van der Waals surface area contributed by atoms with Gasteiger partial charge in [0, 0.05) is 95.3 Å². The normalized spacial score (nSPS) is 14.4. The molecule has 0 aliphatic carbocycles. The fourth-order valence-electron chi connectivity index (χ4n) is 9.98. The Kier molecular flexibility index (Phi) is 16.1. The lowest BCUT2D eigenvalue weighted by Crippen LogP contribution is -2.44. The van der Waals surface area contributed by atoms with Crippen molar-refractivity contribution in [1.82, 2.24) is 29.8 Å². The number of likely N-dealkylation sites (N-methyl/N-ethyl adjacent to an activating group) is 1. The summed E-state index contributed by atoms with van der Waals surface area (Å²) in [6.45, 7) is 8.07. The van der Waals surface area contributed by atoms with E-state index >= 15 is 0 Å². The van der Waals surface area contributed by atoms with Crippen molar-refractivity contribution in [1.29, 1.82) is 0 Å². The van der Waals surface area contributed by atoms with Gasteiger partial charge in [-0.3, -0.25) is 9.36 Å². The molecule has 2 fully saturated rings. The van der Waals surface area contributed by atoms with Gasteiger partial charge >= 0.3 is 0 Å². The Morgan fingerprint density at radius 2 is 0.880 bits per heavy atom. The van der Waals surface area contributed by atoms with Crippen molar-refractivity contribution in [3.05, 3.63) is 191 Å². The molecule has 10 aromatic rings. The van der Waals surface area contributed by atoms with Gasteiger partial charge in [0.05, 0.1) is 33.9 Å². The van der Waals surface area contributed by atoms with Crippen LogP contribution in [0.4, 0.5) is 11.4 Å². The molecule has 0 saturated carbocycles. The zero-order valence-corrected chi connectivity index (χ0v) is 45.7.